The average molecular weight is 361 g/mol. The number of carbonyl (C=O) groups excluding carboxylic acids is 1. The Hall–Kier alpha value is -0.690. The van der Waals surface area contributed by atoms with Gasteiger partial charge in [-0.25, -0.2) is 8.42 Å². The molecule has 9 heteroatoms. The number of hydrogen-bond acceptors (Lipinski definition) is 4. The van der Waals surface area contributed by atoms with Gasteiger partial charge in [-0.05, 0) is 26.0 Å². The monoisotopic (exact) mass is 359 g/mol. The van der Waals surface area contributed by atoms with Crippen LogP contribution in [0.15, 0.2) is 17.0 Å². The van der Waals surface area contributed by atoms with Gasteiger partial charge in [0, 0.05) is 16.7 Å². The molecule has 1 N–H and O–H groups in total. The van der Waals surface area contributed by atoms with Crippen LogP contribution in [0.5, 0.6) is 5.75 Å². The molecule has 20 heavy (non-hydrogen) atoms. The van der Waals surface area contributed by atoms with E-state index < -0.39 is 9.05 Å². The quantitative estimate of drug-likeness (QED) is 0.820. The minimum absolute atomic E-state index is 0.0195. The topological polar surface area (TPSA) is 72.5 Å². The highest BCUT2D eigenvalue weighted by Gasteiger charge is 2.20. The molecule has 0 aliphatic heterocycles. The predicted octanol–water partition coefficient (Wildman–Crippen LogP) is 2.82. The third kappa shape index (κ3) is 4.70. The largest absolute Gasteiger partial charge is 0.482 e. The Morgan fingerprint density at radius 3 is 2.40 bits per heavy atom. The molecule has 1 rings (SSSR count). The first-order valence-electron chi connectivity index (χ1n) is 5.47. The summed E-state index contributed by atoms with van der Waals surface area (Å²) in [6.45, 7) is 3.35. The molecule has 1 amide bonds. The summed E-state index contributed by atoms with van der Waals surface area (Å²) in [5.74, 6) is -0.235. The van der Waals surface area contributed by atoms with Crippen LogP contribution in [0.3, 0.4) is 0 Å². The van der Waals surface area contributed by atoms with Gasteiger partial charge in [0.15, 0.2) is 6.61 Å². The average Bonchev–Trinajstić information content (AvgIpc) is 2.28. The Bertz CT molecular complexity index is 616. The van der Waals surface area contributed by atoms with Crippen molar-refractivity contribution in [3.8, 4) is 5.75 Å². The van der Waals surface area contributed by atoms with Gasteiger partial charge in [-0.1, -0.05) is 23.2 Å². The SMILES string of the molecule is CC(C)NC(=O)COc1ccc(S(=O)(=O)Cl)c(Cl)c1Cl. The van der Waals surface area contributed by atoms with E-state index >= 15 is 0 Å². The van der Waals surface area contributed by atoms with Crippen molar-refractivity contribution in [2.24, 2.45) is 0 Å². The molecule has 5 nitrogen and oxygen atoms in total. The van der Waals surface area contributed by atoms with Gasteiger partial charge in [-0.3, -0.25) is 4.79 Å². The molecule has 0 saturated carbocycles. The Kier molecular flexibility index (Phi) is 5.94. The Labute approximate surface area is 131 Å². The molecule has 1 aromatic carbocycles. The van der Waals surface area contributed by atoms with Crippen molar-refractivity contribution >= 4 is 48.8 Å². The Balaban J connectivity index is 2.89. The Morgan fingerprint density at radius 2 is 1.90 bits per heavy atom. The molecular formula is C11H12Cl3NO4S. The van der Waals surface area contributed by atoms with Gasteiger partial charge in [-0.15, -0.1) is 0 Å². The number of rotatable bonds is 5. The summed E-state index contributed by atoms with van der Waals surface area (Å²) < 4.78 is 27.6. The molecule has 0 radical (unpaired) electrons. The lowest BCUT2D eigenvalue weighted by Gasteiger charge is -2.12. The summed E-state index contributed by atoms with van der Waals surface area (Å²) >= 11 is 11.7. The Morgan fingerprint density at radius 1 is 1.30 bits per heavy atom. The van der Waals surface area contributed by atoms with Gasteiger partial charge in [0.25, 0.3) is 15.0 Å². The number of benzene rings is 1. The van der Waals surface area contributed by atoms with E-state index in [2.05, 4.69) is 5.32 Å². The molecule has 0 bridgehead atoms. The van der Waals surface area contributed by atoms with Crippen LogP contribution in [-0.2, 0) is 13.8 Å². The van der Waals surface area contributed by atoms with Crippen LogP contribution >= 0.6 is 33.9 Å². The maximum absolute atomic E-state index is 11.4. The van der Waals surface area contributed by atoms with Crippen LogP contribution < -0.4 is 10.1 Å². The van der Waals surface area contributed by atoms with Crippen molar-refractivity contribution in [3.05, 3.63) is 22.2 Å². The smallest absolute Gasteiger partial charge is 0.262 e. The van der Waals surface area contributed by atoms with Gasteiger partial charge in [0.05, 0.1) is 5.02 Å². The maximum Gasteiger partial charge on any atom is 0.262 e. The first-order valence-corrected chi connectivity index (χ1v) is 8.54. The van der Waals surface area contributed by atoms with Gasteiger partial charge < -0.3 is 10.1 Å². The van der Waals surface area contributed by atoms with Crippen LogP contribution in [0, 0.1) is 0 Å². The van der Waals surface area contributed by atoms with Gasteiger partial charge in [-0.2, -0.15) is 0 Å². The zero-order valence-electron chi connectivity index (χ0n) is 10.6. The fraction of sp³-hybridized carbons (Fsp3) is 0.364. The highest BCUT2D eigenvalue weighted by atomic mass is 35.7. The third-order valence-corrected chi connectivity index (χ3v) is 4.42. The standard InChI is InChI=1S/C11H12Cl3NO4S/c1-6(2)15-9(16)5-19-7-3-4-8(20(14,17)18)11(13)10(7)12/h3-4,6H,5H2,1-2H3,(H,15,16). The molecule has 112 valence electrons. The second-order valence-electron chi connectivity index (χ2n) is 4.14. The van der Waals surface area contributed by atoms with E-state index in [0.717, 1.165) is 6.07 Å². The van der Waals surface area contributed by atoms with E-state index in [9.17, 15) is 13.2 Å². The molecule has 0 unspecified atom stereocenters. The molecule has 0 heterocycles. The zero-order chi connectivity index (χ0) is 15.5. The lowest BCUT2D eigenvalue weighted by Crippen LogP contribution is -2.34. The van der Waals surface area contributed by atoms with E-state index in [1.165, 1.54) is 6.07 Å². The molecule has 0 fully saturated rings. The van der Waals surface area contributed by atoms with Crippen molar-refractivity contribution in [1.29, 1.82) is 0 Å². The van der Waals surface area contributed by atoms with Crippen molar-refractivity contribution in [2.75, 3.05) is 6.61 Å². The number of halogens is 3. The van der Waals surface area contributed by atoms with Crippen LogP contribution in [0.2, 0.25) is 10.0 Å². The van der Waals surface area contributed by atoms with Crippen LogP contribution in [-0.4, -0.2) is 27.0 Å². The highest BCUT2D eigenvalue weighted by molar-refractivity contribution is 8.13. The fourth-order valence-corrected chi connectivity index (χ4v) is 3.11. The lowest BCUT2D eigenvalue weighted by molar-refractivity contribution is -0.123. The molecule has 0 spiro atoms. The highest BCUT2D eigenvalue weighted by Crippen LogP contribution is 2.37. The maximum atomic E-state index is 11.4. The van der Waals surface area contributed by atoms with E-state index in [1.54, 1.807) is 0 Å². The lowest BCUT2D eigenvalue weighted by atomic mass is 10.3. The second-order valence-corrected chi connectivity index (χ2v) is 7.43. The summed E-state index contributed by atoms with van der Waals surface area (Å²) in [5, 5.41) is 2.26. The molecule has 0 aliphatic rings. The number of hydrogen-bond donors (Lipinski definition) is 1. The minimum Gasteiger partial charge on any atom is -0.482 e. The minimum atomic E-state index is -4.00. The van der Waals surface area contributed by atoms with Gasteiger partial charge >= 0.3 is 0 Å². The van der Waals surface area contributed by atoms with E-state index in [0.29, 0.717) is 0 Å². The van der Waals surface area contributed by atoms with Gasteiger partial charge in [0.2, 0.25) is 0 Å². The van der Waals surface area contributed by atoms with Crippen molar-refractivity contribution in [3.63, 3.8) is 0 Å². The van der Waals surface area contributed by atoms with Gasteiger partial charge in [0.1, 0.15) is 15.7 Å². The molecule has 1 aromatic rings. The van der Waals surface area contributed by atoms with Crippen LogP contribution in [0.4, 0.5) is 0 Å². The summed E-state index contributed by atoms with van der Waals surface area (Å²) in [6.07, 6.45) is 0. The molecule has 0 atom stereocenters. The van der Waals surface area contributed by atoms with Crippen molar-refractivity contribution in [2.45, 2.75) is 24.8 Å². The predicted molar refractivity (Wildman–Crippen MR) is 78.3 cm³/mol. The first kappa shape index (κ1) is 17.4. The molecule has 0 aromatic heterocycles. The number of nitrogens with one attached hydrogen (secondary N) is 1. The van der Waals surface area contributed by atoms with Crippen molar-refractivity contribution in [1.82, 2.24) is 5.32 Å². The third-order valence-electron chi connectivity index (χ3n) is 2.08. The summed E-state index contributed by atoms with van der Waals surface area (Å²) in [5.41, 5.74) is 0. The molecule has 0 aliphatic carbocycles. The second kappa shape index (κ2) is 6.85. The number of carbonyl (C=O) groups is 1. The van der Waals surface area contributed by atoms with E-state index in [4.69, 9.17) is 38.6 Å². The summed E-state index contributed by atoms with van der Waals surface area (Å²) in [6, 6.07) is 2.42. The van der Waals surface area contributed by atoms with Crippen LogP contribution in [0.25, 0.3) is 0 Å². The molecule has 0 saturated heterocycles. The first-order chi connectivity index (χ1) is 9.12. The van der Waals surface area contributed by atoms with Crippen LogP contribution in [0.1, 0.15) is 13.8 Å². The number of amides is 1. The van der Waals surface area contributed by atoms with Crippen molar-refractivity contribution < 1.29 is 17.9 Å². The zero-order valence-corrected chi connectivity index (χ0v) is 13.7. The fourth-order valence-electron chi connectivity index (χ4n) is 1.32. The molecular weight excluding hydrogens is 349 g/mol. The van der Waals surface area contributed by atoms with E-state index in [-0.39, 0.29) is 39.2 Å². The normalized spacial score (nSPS) is 11.5. The number of ether oxygens (including phenoxy) is 1. The van der Waals surface area contributed by atoms with E-state index in [1.807, 2.05) is 13.8 Å². The summed E-state index contributed by atoms with van der Waals surface area (Å²) in [7, 11) is 1.20. The summed E-state index contributed by atoms with van der Waals surface area (Å²) in [4.78, 5) is 11.1.